The fourth-order valence-corrected chi connectivity index (χ4v) is 3.09. The van der Waals surface area contributed by atoms with Crippen LogP contribution >= 0.6 is 23.2 Å². The maximum Gasteiger partial charge on any atom is 0.310 e. The molecule has 3 unspecified atom stereocenters. The van der Waals surface area contributed by atoms with E-state index in [0.717, 1.165) is 0 Å². The molecule has 1 saturated heterocycles. The molecular weight excluding hydrogens is 320 g/mol. The summed E-state index contributed by atoms with van der Waals surface area (Å²) in [7, 11) is 1.78. The summed E-state index contributed by atoms with van der Waals surface area (Å²) in [4.78, 5) is 13.1. The minimum absolute atomic E-state index is 0.0359. The van der Waals surface area contributed by atoms with Gasteiger partial charge >= 0.3 is 5.97 Å². The van der Waals surface area contributed by atoms with Crippen molar-refractivity contribution in [3.63, 3.8) is 0 Å². The van der Waals surface area contributed by atoms with Crippen molar-refractivity contribution in [1.82, 2.24) is 4.90 Å². The van der Waals surface area contributed by atoms with E-state index in [0.29, 0.717) is 17.2 Å². The first-order valence-electron chi connectivity index (χ1n) is 6.49. The first-order chi connectivity index (χ1) is 9.82. The van der Waals surface area contributed by atoms with Crippen molar-refractivity contribution in [1.29, 1.82) is 0 Å². The number of carboxylic acid groups (broad SMARTS) is 1. The van der Waals surface area contributed by atoms with E-state index in [2.05, 4.69) is 0 Å². The minimum Gasteiger partial charge on any atom is -0.481 e. The van der Waals surface area contributed by atoms with Gasteiger partial charge in [0.2, 0.25) is 0 Å². The van der Waals surface area contributed by atoms with Crippen molar-refractivity contribution in [3.8, 4) is 0 Å². The molecule has 1 heterocycles. The summed E-state index contributed by atoms with van der Waals surface area (Å²) in [6, 6.07) is 2.10. The van der Waals surface area contributed by atoms with Crippen molar-refractivity contribution in [2.75, 3.05) is 20.3 Å². The van der Waals surface area contributed by atoms with E-state index in [1.165, 1.54) is 12.1 Å². The number of aliphatic carboxylic acids is 1. The number of benzene rings is 1. The summed E-state index contributed by atoms with van der Waals surface area (Å²) in [5, 5.41) is 9.53. The van der Waals surface area contributed by atoms with Gasteiger partial charge in [-0.05, 0) is 31.7 Å². The van der Waals surface area contributed by atoms with Crippen molar-refractivity contribution >= 4 is 29.2 Å². The number of likely N-dealkylation sites (N-methyl/N-ethyl adjacent to an activating group) is 1. The topological polar surface area (TPSA) is 49.8 Å². The lowest BCUT2D eigenvalue weighted by Gasteiger charge is -2.32. The lowest BCUT2D eigenvalue weighted by atomic mass is 9.99. The third kappa shape index (κ3) is 3.31. The first-order valence-corrected chi connectivity index (χ1v) is 7.25. The van der Waals surface area contributed by atoms with E-state index in [9.17, 15) is 14.3 Å². The standard InChI is InChI=1S/C14H16Cl2FNO3/c1-7(8-3-12(17)11(16)4-10(8)15)18(2)13-6-21-5-9(13)14(19)20/h3-4,7,9,13H,5-6H2,1-2H3,(H,19,20). The van der Waals surface area contributed by atoms with E-state index in [1.54, 1.807) is 7.05 Å². The zero-order valence-corrected chi connectivity index (χ0v) is 13.2. The van der Waals surface area contributed by atoms with Gasteiger partial charge in [-0.1, -0.05) is 23.2 Å². The predicted molar refractivity (Wildman–Crippen MR) is 78.3 cm³/mol. The number of nitrogens with zero attached hydrogens (tertiary/aromatic N) is 1. The van der Waals surface area contributed by atoms with E-state index in [-0.39, 0.29) is 23.7 Å². The Bertz CT molecular complexity index is 555. The van der Waals surface area contributed by atoms with Crippen LogP contribution < -0.4 is 0 Å². The number of carbonyl (C=O) groups is 1. The van der Waals surface area contributed by atoms with Gasteiger partial charge in [0.15, 0.2) is 0 Å². The molecule has 0 saturated carbocycles. The zero-order chi connectivity index (χ0) is 15.7. The Morgan fingerprint density at radius 2 is 2.10 bits per heavy atom. The van der Waals surface area contributed by atoms with Gasteiger partial charge in [-0.25, -0.2) is 4.39 Å². The Kier molecular flexibility index (Phi) is 5.09. The average molecular weight is 336 g/mol. The fraction of sp³-hybridized carbons (Fsp3) is 0.500. The van der Waals surface area contributed by atoms with Gasteiger partial charge < -0.3 is 9.84 Å². The third-order valence-corrected chi connectivity index (χ3v) is 4.61. The van der Waals surface area contributed by atoms with Crippen molar-refractivity contribution in [2.24, 2.45) is 5.92 Å². The van der Waals surface area contributed by atoms with E-state index < -0.39 is 17.7 Å². The smallest absolute Gasteiger partial charge is 0.310 e. The summed E-state index contributed by atoms with van der Waals surface area (Å²) in [6.07, 6.45) is 0. The van der Waals surface area contributed by atoms with Gasteiger partial charge in [-0.3, -0.25) is 9.69 Å². The van der Waals surface area contributed by atoms with Gasteiger partial charge in [0.05, 0.1) is 24.2 Å². The van der Waals surface area contributed by atoms with Crippen LogP contribution in [0.1, 0.15) is 18.5 Å². The molecule has 3 atom stereocenters. The van der Waals surface area contributed by atoms with Crippen LogP contribution in [0.3, 0.4) is 0 Å². The summed E-state index contributed by atoms with van der Waals surface area (Å²) in [5.41, 5.74) is 0.567. The minimum atomic E-state index is -0.898. The van der Waals surface area contributed by atoms with Gasteiger partial charge in [-0.2, -0.15) is 0 Å². The molecule has 1 N–H and O–H groups in total. The highest BCUT2D eigenvalue weighted by Crippen LogP contribution is 2.33. The summed E-state index contributed by atoms with van der Waals surface area (Å²) in [5.74, 6) is -2.05. The Morgan fingerprint density at radius 3 is 2.71 bits per heavy atom. The third-order valence-electron chi connectivity index (χ3n) is 3.99. The molecule has 1 aliphatic rings. The van der Waals surface area contributed by atoms with E-state index in [1.807, 2.05) is 11.8 Å². The molecule has 1 aromatic carbocycles. The maximum absolute atomic E-state index is 13.6. The highest BCUT2D eigenvalue weighted by Gasteiger charge is 2.38. The lowest BCUT2D eigenvalue weighted by Crippen LogP contribution is -2.42. The first kappa shape index (κ1) is 16.5. The Morgan fingerprint density at radius 1 is 1.43 bits per heavy atom. The fourth-order valence-electron chi connectivity index (χ4n) is 2.54. The molecular formula is C14H16Cl2FNO3. The zero-order valence-electron chi connectivity index (χ0n) is 11.6. The van der Waals surface area contributed by atoms with Crippen molar-refractivity contribution in [2.45, 2.75) is 19.0 Å². The number of hydrogen-bond acceptors (Lipinski definition) is 3. The maximum atomic E-state index is 13.6. The molecule has 1 aliphatic heterocycles. The summed E-state index contributed by atoms with van der Waals surface area (Å²) in [6.45, 7) is 2.34. The molecule has 0 bridgehead atoms. The Hall–Kier alpha value is -0.880. The molecule has 21 heavy (non-hydrogen) atoms. The van der Waals surface area contributed by atoms with Crippen LogP contribution in [0.2, 0.25) is 10.0 Å². The second kappa shape index (κ2) is 6.48. The van der Waals surface area contributed by atoms with Gasteiger partial charge in [0.25, 0.3) is 0 Å². The molecule has 0 radical (unpaired) electrons. The summed E-state index contributed by atoms with van der Waals surface area (Å²) >= 11 is 11.8. The number of hydrogen-bond donors (Lipinski definition) is 1. The molecule has 1 fully saturated rings. The largest absolute Gasteiger partial charge is 0.481 e. The number of carboxylic acids is 1. The summed E-state index contributed by atoms with van der Waals surface area (Å²) < 4.78 is 18.9. The molecule has 0 amide bonds. The normalized spacial score (nSPS) is 23.5. The Balaban J connectivity index is 2.25. The molecule has 2 rings (SSSR count). The van der Waals surface area contributed by atoms with Crippen LogP contribution in [0, 0.1) is 11.7 Å². The molecule has 1 aromatic rings. The van der Waals surface area contributed by atoms with Gasteiger partial charge in [0.1, 0.15) is 5.82 Å². The molecule has 7 heteroatoms. The second-order valence-electron chi connectivity index (χ2n) is 5.18. The van der Waals surface area contributed by atoms with E-state index >= 15 is 0 Å². The average Bonchev–Trinajstić information content (AvgIpc) is 2.90. The Labute approximate surface area is 132 Å². The van der Waals surface area contributed by atoms with Gasteiger partial charge in [0, 0.05) is 17.1 Å². The van der Waals surface area contributed by atoms with Crippen LogP contribution in [0.15, 0.2) is 12.1 Å². The van der Waals surface area contributed by atoms with Crippen LogP contribution in [-0.2, 0) is 9.53 Å². The van der Waals surface area contributed by atoms with Crippen molar-refractivity contribution < 1.29 is 19.0 Å². The number of ether oxygens (including phenoxy) is 1. The quantitative estimate of drug-likeness (QED) is 0.858. The van der Waals surface area contributed by atoms with Crippen LogP contribution in [0.5, 0.6) is 0 Å². The lowest BCUT2D eigenvalue weighted by molar-refractivity contribution is -0.143. The highest BCUT2D eigenvalue weighted by molar-refractivity contribution is 6.35. The molecule has 4 nitrogen and oxygen atoms in total. The van der Waals surface area contributed by atoms with Crippen LogP contribution in [0.4, 0.5) is 4.39 Å². The monoisotopic (exact) mass is 335 g/mol. The van der Waals surface area contributed by atoms with E-state index in [4.69, 9.17) is 27.9 Å². The molecule has 0 spiro atoms. The molecule has 0 aromatic heterocycles. The van der Waals surface area contributed by atoms with Crippen LogP contribution in [0.25, 0.3) is 0 Å². The predicted octanol–water partition coefficient (Wildman–Crippen LogP) is 3.22. The highest BCUT2D eigenvalue weighted by atomic mass is 35.5. The number of rotatable bonds is 4. The molecule has 0 aliphatic carbocycles. The van der Waals surface area contributed by atoms with Gasteiger partial charge in [-0.15, -0.1) is 0 Å². The number of halogens is 3. The van der Waals surface area contributed by atoms with Crippen LogP contribution in [-0.4, -0.2) is 42.3 Å². The van der Waals surface area contributed by atoms with Crippen molar-refractivity contribution in [3.05, 3.63) is 33.6 Å². The SMILES string of the molecule is CC(c1cc(F)c(Cl)cc1Cl)N(C)C1COCC1C(=O)O. The second-order valence-corrected chi connectivity index (χ2v) is 5.99. The molecule has 116 valence electrons.